The van der Waals surface area contributed by atoms with Crippen molar-refractivity contribution in [3.8, 4) is 11.5 Å². The van der Waals surface area contributed by atoms with Crippen LogP contribution in [0.25, 0.3) is 5.76 Å². The first-order chi connectivity index (χ1) is 16.0. The number of carbonyl (C=O) groups excluding carboxylic acids is 2. The van der Waals surface area contributed by atoms with E-state index in [4.69, 9.17) is 14.2 Å². The largest absolute Gasteiger partial charge is 0.507 e. The molecule has 2 heterocycles. The van der Waals surface area contributed by atoms with Crippen molar-refractivity contribution in [2.24, 2.45) is 0 Å². The van der Waals surface area contributed by atoms with Gasteiger partial charge < -0.3 is 24.2 Å². The highest BCUT2D eigenvalue weighted by Gasteiger charge is 2.47. The number of benzene rings is 2. The van der Waals surface area contributed by atoms with Gasteiger partial charge in [0.25, 0.3) is 11.7 Å². The Morgan fingerprint density at radius 2 is 1.76 bits per heavy atom. The van der Waals surface area contributed by atoms with Crippen LogP contribution in [0.2, 0.25) is 0 Å². The summed E-state index contributed by atoms with van der Waals surface area (Å²) in [4.78, 5) is 30.1. The lowest BCUT2D eigenvalue weighted by Crippen LogP contribution is -2.42. The van der Waals surface area contributed by atoms with E-state index in [1.807, 2.05) is 6.07 Å². The summed E-state index contributed by atoms with van der Waals surface area (Å²) in [7, 11) is 3.08. The molecule has 1 N–H and O–H groups in total. The van der Waals surface area contributed by atoms with Crippen molar-refractivity contribution in [1.29, 1.82) is 0 Å². The molecule has 2 aliphatic rings. The third kappa shape index (κ3) is 4.58. The Morgan fingerprint density at radius 1 is 1.03 bits per heavy atom. The fourth-order valence-electron chi connectivity index (χ4n) is 4.31. The van der Waals surface area contributed by atoms with Gasteiger partial charge in [-0.1, -0.05) is 30.3 Å². The smallest absolute Gasteiger partial charge is 0.295 e. The van der Waals surface area contributed by atoms with Gasteiger partial charge in [-0.15, -0.1) is 0 Å². The topological polar surface area (TPSA) is 88.5 Å². The van der Waals surface area contributed by atoms with Crippen LogP contribution in [-0.4, -0.2) is 80.2 Å². The van der Waals surface area contributed by atoms with Crippen LogP contribution in [0.5, 0.6) is 11.5 Å². The van der Waals surface area contributed by atoms with Crippen molar-refractivity contribution in [2.45, 2.75) is 6.04 Å². The highest BCUT2D eigenvalue weighted by Crippen LogP contribution is 2.43. The minimum atomic E-state index is -0.809. The lowest BCUT2D eigenvalue weighted by atomic mass is 9.94. The number of amides is 1. The van der Waals surface area contributed by atoms with Crippen LogP contribution in [0.1, 0.15) is 17.2 Å². The normalized spacial score (nSPS) is 20.8. The zero-order valence-corrected chi connectivity index (χ0v) is 18.8. The fourth-order valence-corrected chi connectivity index (χ4v) is 4.31. The molecule has 2 aromatic carbocycles. The van der Waals surface area contributed by atoms with Crippen LogP contribution in [0.4, 0.5) is 0 Å². The molecule has 0 aromatic heterocycles. The lowest BCUT2D eigenvalue weighted by Gasteiger charge is -2.31. The quantitative estimate of drug-likeness (QED) is 0.392. The first kappa shape index (κ1) is 22.8. The van der Waals surface area contributed by atoms with Crippen LogP contribution < -0.4 is 9.47 Å². The van der Waals surface area contributed by atoms with Crippen molar-refractivity contribution < 1.29 is 28.9 Å². The molecule has 4 rings (SSSR count). The first-order valence-electron chi connectivity index (χ1n) is 10.9. The minimum absolute atomic E-state index is 0.0414. The number of carbonyl (C=O) groups is 2. The molecule has 2 aromatic rings. The Balaban J connectivity index is 1.80. The predicted octanol–water partition coefficient (Wildman–Crippen LogP) is 2.46. The fraction of sp³-hybridized carbons (Fsp3) is 0.360. The number of methoxy groups -OCH3 is 2. The molecule has 2 aliphatic heterocycles. The van der Waals surface area contributed by atoms with Gasteiger partial charge in [0, 0.05) is 37.3 Å². The maximum atomic E-state index is 13.2. The molecule has 33 heavy (non-hydrogen) atoms. The molecular formula is C25H28N2O6. The van der Waals surface area contributed by atoms with Crippen LogP contribution in [0.3, 0.4) is 0 Å². The molecular weight excluding hydrogens is 424 g/mol. The van der Waals surface area contributed by atoms with E-state index >= 15 is 0 Å². The number of rotatable bonds is 7. The molecule has 0 saturated carbocycles. The number of nitrogens with zero attached hydrogens (tertiary/aromatic N) is 2. The van der Waals surface area contributed by atoms with E-state index < -0.39 is 17.7 Å². The number of aliphatic hydroxyl groups excluding tert-OH is 1. The molecule has 0 aliphatic carbocycles. The first-order valence-corrected chi connectivity index (χ1v) is 10.9. The number of aliphatic hydroxyl groups is 1. The number of Topliss-reactive ketones (excluding diaryl/α,β-unsaturated/α-hetero) is 1. The SMILES string of the molecule is COc1ccc(OC)c([C@H]2C(=C(O)c3ccccc3)C(=O)C(=O)N2CCN2CCOCC2)c1. The Hall–Kier alpha value is -3.36. The third-order valence-electron chi connectivity index (χ3n) is 6.08. The standard InChI is InChI=1S/C25H28N2O6/c1-31-18-8-9-20(32-2)19(16-18)22-21(23(28)17-6-4-3-5-7-17)24(29)25(30)27(22)11-10-26-12-14-33-15-13-26/h3-9,16,22,28H,10-15H2,1-2H3/t22-/m0/s1. The summed E-state index contributed by atoms with van der Waals surface area (Å²) in [5, 5.41) is 11.1. The lowest BCUT2D eigenvalue weighted by molar-refractivity contribution is -0.140. The molecule has 1 atom stereocenters. The van der Waals surface area contributed by atoms with Gasteiger partial charge in [-0.05, 0) is 18.2 Å². The van der Waals surface area contributed by atoms with Crippen LogP contribution >= 0.6 is 0 Å². The molecule has 0 bridgehead atoms. The minimum Gasteiger partial charge on any atom is -0.507 e. The summed E-state index contributed by atoms with van der Waals surface area (Å²) >= 11 is 0. The summed E-state index contributed by atoms with van der Waals surface area (Å²) in [5.41, 5.74) is 1.09. The van der Waals surface area contributed by atoms with E-state index in [-0.39, 0.29) is 11.3 Å². The van der Waals surface area contributed by atoms with Gasteiger partial charge in [-0.3, -0.25) is 14.5 Å². The summed E-state index contributed by atoms with van der Waals surface area (Å²) in [5.74, 6) is -0.510. The van der Waals surface area contributed by atoms with Crippen molar-refractivity contribution in [1.82, 2.24) is 9.80 Å². The molecule has 0 radical (unpaired) electrons. The number of ether oxygens (including phenoxy) is 3. The number of likely N-dealkylation sites (tertiary alicyclic amines) is 1. The van der Waals surface area contributed by atoms with Crippen molar-refractivity contribution in [3.05, 3.63) is 65.2 Å². The van der Waals surface area contributed by atoms with Crippen molar-refractivity contribution in [3.63, 3.8) is 0 Å². The summed E-state index contributed by atoms with van der Waals surface area (Å²) in [6.07, 6.45) is 0. The van der Waals surface area contributed by atoms with Gasteiger partial charge in [0.15, 0.2) is 0 Å². The zero-order valence-electron chi connectivity index (χ0n) is 18.8. The number of hydrogen-bond donors (Lipinski definition) is 1. The maximum Gasteiger partial charge on any atom is 0.295 e. The summed E-state index contributed by atoms with van der Waals surface area (Å²) in [6.45, 7) is 3.72. The van der Waals surface area contributed by atoms with Crippen LogP contribution in [0.15, 0.2) is 54.1 Å². The second-order valence-electron chi connectivity index (χ2n) is 7.92. The second-order valence-corrected chi connectivity index (χ2v) is 7.92. The Labute approximate surface area is 193 Å². The van der Waals surface area contributed by atoms with Gasteiger partial charge in [0.05, 0.1) is 39.0 Å². The Kier molecular flexibility index (Phi) is 6.96. The summed E-state index contributed by atoms with van der Waals surface area (Å²) < 4.78 is 16.4. The van der Waals surface area contributed by atoms with Gasteiger partial charge in [0.1, 0.15) is 17.3 Å². The van der Waals surface area contributed by atoms with Gasteiger partial charge >= 0.3 is 0 Å². The molecule has 2 fully saturated rings. The van der Waals surface area contributed by atoms with E-state index in [2.05, 4.69) is 4.90 Å². The Morgan fingerprint density at radius 3 is 2.42 bits per heavy atom. The van der Waals surface area contributed by atoms with E-state index in [9.17, 15) is 14.7 Å². The van der Waals surface area contributed by atoms with E-state index in [1.165, 1.54) is 12.0 Å². The zero-order chi connectivity index (χ0) is 23.4. The Bertz CT molecular complexity index is 1050. The highest BCUT2D eigenvalue weighted by molar-refractivity contribution is 6.46. The summed E-state index contributed by atoms with van der Waals surface area (Å²) in [6, 6.07) is 13.2. The monoisotopic (exact) mass is 452 g/mol. The maximum absolute atomic E-state index is 13.2. The van der Waals surface area contributed by atoms with Crippen LogP contribution in [0, 0.1) is 0 Å². The number of hydrogen-bond acceptors (Lipinski definition) is 7. The van der Waals surface area contributed by atoms with Gasteiger partial charge in [-0.25, -0.2) is 0 Å². The third-order valence-corrected chi connectivity index (χ3v) is 6.08. The van der Waals surface area contributed by atoms with Gasteiger partial charge in [-0.2, -0.15) is 0 Å². The average Bonchev–Trinajstić information content (AvgIpc) is 3.12. The van der Waals surface area contributed by atoms with Crippen molar-refractivity contribution >= 4 is 17.4 Å². The van der Waals surface area contributed by atoms with Crippen LogP contribution in [-0.2, 0) is 14.3 Å². The number of ketones is 1. The molecule has 0 spiro atoms. The number of morpholine rings is 1. The molecule has 8 heteroatoms. The molecule has 174 valence electrons. The molecule has 8 nitrogen and oxygen atoms in total. The van der Waals surface area contributed by atoms with Gasteiger partial charge in [0.2, 0.25) is 0 Å². The molecule has 0 unspecified atom stereocenters. The molecule has 1 amide bonds. The second kappa shape index (κ2) is 10.1. The molecule has 2 saturated heterocycles. The van der Waals surface area contributed by atoms with E-state index in [1.54, 1.807) is 49.6 Å². The van der Waals surface area contributed by atoms with Crippen molar-refractivity contribution in [2.75, 3.05) is 53.6 Å². The highest BCUT2D eigenvalue weighted by atomic mass is 16.5. The van der Waals surface area contributed by atoms with E-state index in [0.29, 0.717) is 48.9 Å². The predicted molar refractivity (Wildman–Crippen MR) is 122 cm³/mol. The van der Waals surface area contributed by atoms with E-state index in [0.717, 1.165) is 13.1 Å². The average molecular weight is 453 g/mol.